The summed E-state index contributed by atoms with van der Waals surface area (Å²) in [5.41, 5.74) is -0.380. The van der Waals surface area contributed by atoms with Crippen LogP contribution in [0.1, 0.15) is 47.9 Å². The molecule has 0 bridgehead atoms. The average Bonchev–Trinajstić information content (AvgIpc) is 3.31. The molecule has 0 atom stereocenters. The van der Waals surface area contributed by atoms with Crippen LogP contribution in [0, 0.1) is 5.92 Å². The summed E-state index contributed by atoms with van der Waals surface area (Å²) >= 11 is 0. The smallest absolute Gasteiger partial charge is 0.433 e. The number of carbonyl (C=O) groups is 1. The van der Waals surface area contributed by atoms with Crippen LogP contribution in [-0.2, 0) is 6.18 Å². The first-order chi connectivity index (χ1) is 17.8. The molecule has 2 saturated heterocycles. The molecule has 2 fully saturated rings. The van der Waals surface area contributed by atoms with Crippen LogP contribution < -0.4 is 15.4 Å². The number of benzene rings is 1. The van der Waals surface area contributed by atoms with E-state index in [0.29, 0.717) is 11.4 Å². The van der Waals surface area contributed by atoms with E-state index in [9.17, 15) is 18.0 Å². The number of methoxy groups -OCH3 is 1. The van der Waals surface area contributed by atoms with E-state index in [0.717, 1.165) is 74.5 Å². The molecular formula is C26H31F3N6O2. The van der Waals surface area contributed by atoms with Crippen LogP contribution in [0.2, 0.25) is 0 Å². The van der Waals surface area contributed by atoms with Gasteiger partial charge < -0.3 is 20.3 Å². The molecule has 2 N–H and O–H groups in total. The first kappa shape index (κ1) is 25.5. The number of halogens is 3. The largest absolute Gasteiger partial charge is 0.494 e. The normalized spacial score (nSPS) is 18.3. The quantitative estimate of drug-likeness (QED) is 0.507. The molecule has 1 amide bonds. The Morgan fingerprint density at radius 1 is 1.16 bits per heavy atom. The summed E-state index contributed by atoms with van der Waals surface area (Å²) in [6.45, 7) is 5.47. The number of likely N-dealkylation sites (tertiary alicyclic amines) is 1. The molecule has 0 radical (unpaired) electrons. The zero-order chi connectivity index (χ0) is 26.0. The van der Waals surface area contributed by atoms with Crippen molar-refractivity contribution in [2.24, 2.45) is 5.92 Å². The van der Waals surface area contributed by atoms with Gasteiger partial charge >= 0.3 is 6.18 Å². The minimum atomic E-state index is -4.63. The van der Waals surface area contributed by atoms with E-state index in [2.05, 4.69) is 20.5 Å². The Labute approximate surface area is 213 Å². The third-order valence-electron chi connectivity index (χ3n) is 7.27. The minimum Gasteiger partial charge on any atom is -0.494 e. The van der Waals surface area contributed by atoms with Crippen LogP contribution in [0.15, 0.2) is 36.5 Å². The Kier molecular flexibility index (Phi) is 7.34. The topological polar surface area (TPSA) is 84.3 Å². The number of piperidine rings is 2. The zero-order valence-electron chi connectivity index (χ0n) is 20.7. The van der Waals surface area contributed by atoms with Crippen molar-refractivity contribution in [2.75, 3.05) is 45.2 Å². The number of rotatable bonds is 6. The van der Waals surface area contributed by atoms with Crippen molar-refractivity contribution in [3.8, 4) is 5.75 Å². The van der Waals surface area contributed by atoms with Crippen LogP contribution in [0.25, 0.3) is 10.9 Å². The highest BCUT2D eigenvalue weighted by atomic mass is 19.4. The van der Waals surface area contributed by atoms with Gasteiger partial charge in [0, 0.05) is 37.3 Å². The fourth-order valence-electron chi connectivity index (χ4n) is 5.23. The fraction of sp³-hybridized carbons (Fsp3) is 0.500. The number of fused-ring (bicyclic) bond motifs is 1. The lowest BCUT2D eigenvalue weighted by molar-refractivity contribution is -0.141. The molecule has 11 heteroatoms. The monoisotopic (exact) mass is 516 g/mol. The van der Waals surface area contributed by atoms with Crippen molar-refractivity contribution >= 4 is 22.5 Å². The lowest BCUT2D eigenvalue weighted by Gasteiger charge is -2.35. The summed E-state index contributed by atoms with van der Waals surface area (Å²) in [4.78, 5) is 18.7. The van der Waals surface area contributed by atoms with Gasteiger partial charge in [-0.2, -0.15) is 18.3 Å². The number of carbonyl (C=O) groups excluding carboxylic acids is 1. The molecule has 0 spiro atoms. The maximum Gasteiger partial charge on any atom is 0.433 e. The highest BCUT2D eigenvalue weighted by Gasteiger charge is 2.33. The van der Waals surface area contributed by atoms with E-state index >= 15 is 0 Å². The number of hydrogen-bond acceptors (Lipinski definition) is 6. The Morgan fingerprint density at radius 2 is 1.92 bits per heavy atom. The number of alkyl halides is 3. The molecule has 2 aromatic heterocycles. The van der Waals surface area contributed by atoms with Crippen molar-refractivity contribution in [3.05, 3.63) is 47.9 Å². The van der Waals surface area contributed by atoms with Crippen molar-refractivity contribution in [2.45, 2.75) is 37.9 Å². The van der Waals surface area contributed by atoms with E-state index < -0.39 is 17.8 Å². The van der Waals surface area contributed by atoms with Gasteiger partial charge in [0.25, 0.3) is 5.91 Å². The fourth-order valence-corrected chi connectivity index (χ4v) is 5.23. The van der Waals surface area contributed by atoms with Gasteiger partial charge in [0.2, 0.25) is 0 Å². The molecule has 1 aromatic carbocycles. The number of anilines is 1. The number of hydrogen-bond donors (Lipinski definition) is 2. The van der Waals surface area contributed by atoms with Crippen molar-refractivity contribution in [1.29, 1.82) is 0 Å². The van der Waals surface area contributed by atoms with E-state index in [-0.39, 0.29) is 11.7 Å². The van der Waals surface area contributed by atoms with E-state index in [1.54, 1.807) is 12.1 Å². The summed E-state index contributed by atoms with van der Waals surface area (Å²) in [5, 5.41) is 11.6. The van der Waals surface area contributed by atoms with Gasteiger partial charge in [0.15, 0.2) is 0 Å². The SMILES string of the molecule is COc1cc2nn(C3CCN(CC4CCNCC4)CC3)cc2cc1NC(=O)c1cccc(C(F)(F)F)n1. The average molecular weight is 517 g/mol. The van der Waals surface area contributed by atoms with Gasteiger partial charge in [0.1, 0.15) is 17.1 Å². The predicted octanol–water partition coefficient (Wildman–Crippen LogP) is 4.35. The van der Waals surface area contributed by atoms with Gasteiger partial charge in [-0.1, -0.05) is 6.07 Å². The highest BCUT2D eigenvalue weighted by molar-refractivity contribution is 6.05. The lowest BCUT2D eigenvalue weighted by Crippen LogP contribution is -2.40. The van der Waals surface area contributed by atoms with Crippen molar-refractivity contribution in [1.82, 2.24) is 25.0 Å². The highest BCUT2D eigenvalue weighted by Crippen LogP contribution is 2.33. The standard InChI is InChI=1S/C26H31F3N6O2/c1-37-23-14-21-18(13-22(23)32-25(36)20-3-2-4-24(31-20)26(27,28)29)16-35(33-21)19-7-11-34(12-8-19)15-17-5-9-30-10-6-17/h2-4,13-14,16-17,19,30H,5-12,15H2,1H3,(H,32,36). The van der Waals surface area contributed by atoms with E-state index in [4.69, 9.17) is 9.84 Å². The molecule has 0 saturated carbocycles. The Hall–Kier alpha value is -3.18. The molecule has 4 heterocycles. The molecule has 8 nitrogen and oxygen atoms in total. The second-order valence-corrected chi connectivity index (χ2v) is 9.81. The van der Waals surface area contributed by atoms with Crippen molar-refractivity contribution < 1.29 is 22.7 Å². The molecule has 3 aromatic rings. The first-order valence-corrected chi connectivity index (χ1v) is 12.7. The van der Waals surface area contributed by atoms with Crippen LogP contribution in [0.4, 0.5) is 18.9 Å². The lowest BCUT2D eigenvalue weighted by atomic mass is 9.96. The summed E-state index contributed by atoms with van der Waals surface area (Å²) in [5.74, 6) is 0.393. The molecule has 2 aliphatic heterocycles. The summed E-state index contributed by atoms with van der Waals surface area (Å²) in [6, 6.07) is 6.98. The third-order valence-corrected chi connectivity index (χ3v) is 7.27. The molecule has 0 unspecified atom stereocenters. The second kappa shape index (κ2) is 10.7. The number of aromatic nitrogens is 3. The van der Waals surface area contributed by atoms with Gasteiger partial charge in [-0.05, 0) is 62.9 Å². The molecule has 198 valence electrons. The molecule has 5 rings (SSSR count). The van der Waals surface area contributed by atoms with Gasteiger partial charge in [-0.25, -0.2) is 4.98 Å². The number of amides is 1. The summed E-state index contributed by atoms with van der Waals surface area (Å²) < 4.78 is 46.4. The number of ether oxygens (including phenoxy) is 1. The number of pyridine rings is 1. The van der Waals surface area contributed by atoms with Crippen LogP contribution in [-0.4, -0.2) is 65.4 Å². The maximum absolute atomic E-state index is 13.0. The minimum absolute atomic E-state index is 0.287. The molecule has 2 aliphatic rings. The first-order valence-electron chi connectivity index (χ1n) is 12.7. The van der Waals surface area contributed by atoms with Crippen LogP contribution in [0.5, 0.6) is 5.75 Å². The Bertz CT molecular complexity index is 1250. The second-order valence-electron chi connectivity index (χ2n) is 9.81. The third kappa shape index (κ3) is 5.88. The Balaban J connectivity index is 1.28. The number of nitrogens with one attached hydrogen (secondary N) is 2. The summed E-state index contributed by atoms with van der Waals surface area (Å²) in [7, 11) is 1.47. The van der Waals surface area contributed by atoms with E-state index in [1.165, 1.54) is 26.0 Å². The molecular weight excluding hydrogens is 485 g/mol. The Morgan fingerprint density at radius 3 is 2.62 bits per heavy atom. The number of nitrogens with zero attached hydrogens (tertiary/aromatic N) is 4. The van der Waals surface area contributed by atoms with Gasteiger partial charge in [0.05, 0.1) is 24.4 Å². The van der Waals surface area contributed by atoms with E-state index in [1.807, 2.05) is 10.9 Å². The summed E-state index contributed by atoms with van der Waals surface area (Å²) in [6.07, 6.45) is 1.84. The van der Waals surface area contributed by atoms with Gasteiger partial charge in [-0.15, -0.1) is 0 Å². The van der Waals surface area contributed by atoms with Crippen LogP contribution in [0.3, 0.4) is 0 Å². The van der Waals surface area contributed by atoms with Gasteiger partial charge in [-0.3, -0.25) is 9.48 Å². The molecule has 0 aliphatic carbocycles. The zero-order valence-corrected chi connectivity index (χ0v) is 20.7. The van der Waals surface area contributed by atoms with Crippen LogP contribution >= 0.6 is 0 Å². The predicted molar refractivity (Wildman–Crippen MR) is 134 cm³/mol. The molecule has 37 heavy (non-hydrogen) atoms. The maximum atomic E-state index is 13.0. The van der Waals surface area contributed by atoms with Crippen molar-refractivity contribution in [3.63, 3.8) is 0 Å².